The average Bonchev–Trinajstić information content (AvgIpc) is 2.93. The van der Waals surface area contributed by atoms with E-state index in [1.807, 2.05) is 0 Å². The number of carbonyl (C=O) groups excluding carboxylic acids is 1. The zero-order valence-corrected chi connectivity index (χ0v) is 12.9. The summed E-state index contributed by atoms with van der Waals surface area (Å²) < 4.78 is 5.51. The monoisotopic (exact) mass is 317 g/mol. The molecule has 0 radical (unpaired) electrons. The van der Waals surface area contributed by atoms with E-state index < -0.39 is 6.23 Å². The molecule has 23 heavy (non-hydrogen) atoms. The van der Waals surface area contributed by atoms with E-state index >= 15 is 0 Å². The van der Waals surface area contributed by atoms with Gasteiger partial charge in [0.1, 0.15) is 18.2 Å². The van der Waals surface area contributed by atoms with Crippen molar-refractivity contribution in [3.8, 4) is 5.75 Å². The fraction of sp³-hybridized carbons (Fsp3) is 0.312. The third-order valence-corrected chi connectivity index (χ3v) is 4.20. The maximum Gasteiger partial charge on any atom is 0.260 e. The van der Waals surface area contributed by atoms with Crippen LogP contribution in [0.4, 0.5) is 5.69 Å². The average molecular weight is 317 g/mol. The van der Waals surface area contributed by atoms with Crippen LogP contribution in [0.15, 0.2) is 36.2 Å². The largest absolute Gasteiger partial charge is 0.505 e. The molecule has 7 nitrogen and oxygen atoms in total. The normalized spacial score (nSPS) is 23.2. The lowest BCUT2D eigenvalue weighted by atomic mass is 10.1. The maximum absolute atomic E-state index is 12.9. The molecule has 0 fully saturated rings. The molecule has 122 valence electrons. The Kier molecular flexibility index (Phi) is 3.97. The van der Waals surface area contributed by atoms with Crippen molar-refractivity contribution in [2.45, 2.75) is 25.6 Å². The molecule has 0 spiro atoms. The quantitative estimate of drug-likeness (QED) is 0.445. The highest BCUT2D eigenvalue weighted by Crippen LogP contribution is 2.38. The van der Waals surface area contributed by atoms with Gasteiger partial charge >= 0.3 is 0 Å². The number of anilines is 1. The summed E-state index contributed by atoms with van der Waals surface area (Å²) in [7, 11) is 1.56. The van der Waals surface area contributed by atoms with Gasteiger partial charge in [-0.25, -0.2) is 0 Å². The van der Waals surface area contributed by atoms with Crippen molar-refractivity contribution in [3.63, 3.8) is 0 Å². The van der Waals surface area contributed by atoms with Crippen LogP contribution in [-0.4, -0.2) is 35.3 Å². The van der Waals surface area contributed by atoms with Gasteiger partial charge in [-0.3, -0.25) is 4.79 Å². The molecule has 0 saturated heterocycles. The van der Waals surface area contributed by atoms with Crippen LogP contribution in [0.2, 0.25) is 0 Å². The summed E-state index contributed by atoms with van der Waals surface area (Å²) in [4.78, 5) is 18.9. The molecule has 1 aromatic carbocycles. The van der Waals surface area contributed by atoms with Gasteiger partial charge in [-0.15, -0.1) is 0 Å². The number of methoxy groups -OCH3 is 1. The van der Waals surface area contributed by atoms with Crippen LogP contribution >= 0.6 is 0 Å². The molecular weight excluding hydrogens is 298 g/mol. The minimum Gasteiger partial charge on any atom is -0.505 e. The lowest BCUT2D eigenvalue weighted by Crippen LogP contribution is -2.43. The van der Waals surface area contributed by atoms with E-state index in [1.54, 1.807) is 43.3 Å². The molecule has 2 aliphatic heterocycles. The summed E-state index contributed by atoms with van der Waals surface area (Å²) >= 11 is 0. The molecule has 0 saturated carbocycles. The Labute approximate surface area is 133 Å². The van der Waals surface area contributed by atoms with E-state index in [1.165, 1.54) is 6.26 Å². The van der Waals surface area contributed by atoms with Crippen molar-refractivity contribution in [3.05, 3.63) is 47.4 Å². The van der Waals surface area contributed by atoms with Crippen LogP contribution in [0.3, 0.4) is 0 Å². The molecule has 3 rings (SSSR count). The summed E-state index contributed by atoms with van der Waals surface area (Å²) in [6, 6.07) is 3.20. The van der Waals surface area contributed by atoms with Crippen molar-refractivity contribution in [1.29, 1.82) is 0 Å². The topological polar surface area (TPSA) is 97.0 Å². The van der Waals surface area contributed by atoms with Crippen LogP contribution in [0.1, 0.15) is 22.3 Å². The number of amides is 1. The van der Waals surface area contributed by atoms with Gasteiger partial charge in [-0.1, -0.05) is 6.07 Å². The van der Waals surface area contributed by atoms with Gasteiger partial charge < -0.3 is 24.9 Å². The van der Waals surface area contributed by atoms with E-state index in [4.69, 9.17) is 10.6 Å². The summed E-state index contributed by atoms with van der Waals surface area (Å²) in [6.07, 6.45) is 4.96. The maximum atomic E-state index is 12.9. The number of nitrogens with two attached hydrogens (primary N) is 1. The smallest absolute Gasteiger partial charge is 0.260 e. The lowest BCUT2D eigenvalue weighted by Gasteiger charge is -2.27. The molecule has 4 N–H and O–H groups in total. The van der Waals surface area contributed by atoms with Gasteiger partial charge in [-0.2, -0.15) is 5.90 Å². The van der Waals surface area contributed by atoms with Gasteiger partial charge in [0, 0.05) is 13.3 Å². The molecule has 2 heterocycles. The van der Waals surface area contributed by atoms with Gasteiger partial charge in [-0.05, 0) is 36.6 Å². The molecular formula is C16H19N3O4. The Balaban J connectivity index is 2.05. The predicted molar refractivity (Wildman–Crippen MR) is 84.3 cm³/mol. The SMILES string of the molecule is CO[C@H]1Nc2c(ccc(C)c2O)C(=O)N2C=C(C=CON)C[C@@H]12. The number of allylic oxidation sites excluding steroid dienone is 1. The van der Waals surface area contributed by atoms with Crippen molar-refractivity contribution >= 4 is 11.6 Å². The number of phenolic OH excluding ortho intramolecular Hbond substituents is 1. The molecule has 1 amide bonds. The third kappa shape index (κ3) is 2.54. The summed E-state index contributed by atoms with van der Waals surface area (Å²) in [5.41, 5.74) is 2.42. The fourth-order valence-corrected chi connectivity index (χ4v) is 2.98. The van der Waals surface area contributed by atoms with Crippen LogP contribution < -0.4 is 11.2 Å². The molecule has 7 heteroatoms. The van der Waals surface area contributed by atoms with E-state index in [0.29, 0.717) is 23.2 Å². The molecule has 1 aromatic rings. The highest BCUT2D eigenvalue weighted by Gasteiger charge is 2.40. The second-order valence-corrected chi connectivity index (χ2v) is 5.58. The summed E-state index contributed by atoms with van der Waals surface area (Å²) in [6.45, 7) is 1.78. The molecule has 0 bridgehead atoms. The number of rotatable bonds is 3. The number of hydrogen-bond acceptors (Lipinski definition) is 6. The number of carbonyl (C=O) groups is 1. The second kappa shape index (κ2) is 5.94. The number of fused-ring (bicyclic) bond motifs is 2. The van der Waals surface area contributed by atoms with Crippen molar-refractivity contribution < 1.29 is 19.5 Å². The Hall–Kier alpha value is -2.51. The Morgan fingerprint density at radius 2 is 2.26 bits per heavy atom. The molecule has 0 aromatic heterocycles. The van der Waals surface area contributed by atoms with E-state index in [2.05, 4.69) is 10.2 Å². The Bertz CT molecular complexity index is 699. The van der Waals surface area contributed by atoms with Crippen LogP contribution in [0, 0.1) is 6.92 Å². The first kappa shape index (κ1) is 15.4. The van der Waals surface area contributed by atoms with Crippen LogP contribution in [-0.2, 0) is 9.57 Å². The van der Waals surface area contributed by atoms with E-state index in [-0.39, 0.29) is 17.7 Å². The molecule has 2 aliphatic rings. The standard InChI is InChI=1S/C16H19N3O4/c1-9-3-4-11-13(14(9)20)18-15(22-2)12-7-10(5-6-23-17)8-19(12)16(11)21/h3-6,8,12,15,18,20H,7,17H2,1-2H3/t12-,15+/m0/s1. The summed E-state index contributed by atoms with van der Waals surface area (Å²) in [5.74, 6) is 4.87. The van der Waals surface area contributed by atoms with E-state index in [9.17, 15) is 9.90 Å². The minimum atomic E-state index is -0.450. The first-order valence-corrected chi connectivity index (χ1v) is 7.24. The number of phenols is 1. The van der Waals surface area contributed by atoms with Crippen LogP contribution in [0.5, 0.6) is 5.75 Å². The number of hydrogen-bond donors (Lipinski definition) is 3. The zero-order chi connectivity index (χ0) is 16.6. The van der Waals surface area contributed by atoms with Gasteiger partial charge in [0.15, 0.2) is 0 Å². The lowest BCUT2D eigenvalue weighted by molar-refractivity contribution is 0.0479. The minimum absolute atomic E-state index is 0.0692. The van der Waals surface area contributed by atoms with Gasteiger partial charge in [0.25, 0.3) is 5.91 Å². The highest BCUT2D eigenvalue weighted by atomic mass is 16.6. The number of benzene rings is 1. The number of aryl methyl sites for hydroxylation is 1. The molecule has 2 atom stereocenters. The predicted octanol–water partition coefficient (Wildman–Crippen LogP) is 1.60. The van der Waals surface area contributed by atoms with E-state index in [0.717, 1.165) is 5.57 Å². The second-order valence-electron chi connectivity index (χ2n) is 5.58. The number of ether oxygens (including phenoxy) is 1. The fourth-order valence-electron chi connectivity index (χ4n) is 2.98. The van der Waals surface area contributed by atoms with Crippen molar-refractivity contribution in [2.75, 3.05) is 12.4 Å². The summed E-state index contributed by atoms with van der Waals surface area (Å²) in [5, 5.41) is 13.4. The van der Waals surface area contributed by atoms with Gasteiger partial charge in [0.2, 0.25) is 0 Å². The third-order valence-electron chi connectivity index (χ3n) is 4.20. The first-order valence-electron chi connectivity index (χ1n) is 7.24. The first-order chi connectivity index (χ1) is 11.1. The Morgan fingerprint density at radius 1 is 1.48 bits per heavy atom. The number of nitrogens with zero attached hydrogens (tertiary/aromatic N) is 1. The number of aromatic hydroxyl groups is 1. The number of nitrogens with one attached hydrogen (secondary N) is 1. The van der Waals surface area contributed by atoms with Crippen molar-refractivity contribution in [1.82, 2.24) is 4.90 Å². The molecule has 0 unspecified atom stereocenters. The Morgan fingerprint density at radius 3 is 2.96 bits per heavy atom. The van der Waals surface area contributed by atoms with Gasteiger partial charge in [0.05, 0.1) is 17.3 Å². The highest BCUT2D eigenvalue weighted by molar-refractivity contribution is 6.03. The molecule has 0 aliphatic carbocycles. The van der Waals surface area contributed by atoms with Crippen LogP contribution in [0.25, 0.3) is 0 Å². The van der Waals surface area contributed by atoms with Crippen molar-refractivity contribution in [2.24, 2.45) is 5.90 Å². The zero-order valence-electron chi connectivity index (χ0n) is 12.9.